The molecule has 0 bridgehead atoms. The van der Waals surface area contributed by atoms with Crippen LogP contribution in [-0.4, -0.2) is 44.5 Å². The normalized spacial score (nSPS) is 12.9. The molecule has 3 aromatic rings. The number of carbonyl (C=O) groups is 2. The van der Waals surface area contributed by atoms with Gasteiger partial charge in [-0.1, -0.05) is 18.2 Å². The Hall–Kier alpha value is -3.67. The molecule has 10 nitrogen and oxygen atoms in total. The average Bonchev–Trinajstić information content (AvgIpc) is 3.20. The van der Waals surface area contributed by atoms with E-state index in [1.165, 1.54) is 35.8 Å². The van der Waals surface area contributed by atoms with Crippen LogP contribution in [0.3, 0.4) is 0 Å². The van der Waals surface area contributed by atoms with Crippen molar-refractivity contribution in [2.45, 2.75) is 13.2 Å². The zero-order valence-corrected chi connectivity index (χ0v) is 18.7. The van der Waals surface area contributed by atoms with Crippen molar-refractivity contribution >= 4 is 38.4 Å². The topological polar surface area (TPSA) is 147 Å². The highest BCUT2D eigenvalue weighted by atomic mass is 32.2. The zero-order valence-electron chi connectivity index (χ0n) is 17.9. The first-order chi connectivity index (χ1) is 15.6. The summed E-state index contributed by atoms with van der Waals surface area (Å²) >= 11 is 0. The van der Waals surface area contributed by atoms with Crippen LogP contribution in [0.2, 0.25) is 0 Å². The molecule has 11 heteroatoms. The Morgan fingerprint density at radius 2 is 1.85 bits per heavy atom. The number of amides is 2. The second kappa shape index (κ2) is 10.3. The molecule has 0 fully saturated rings. The van der Waals surface area contributed by atoms with E-state index in [1.807, 2.05) is 18.2 Å². The van der Waals surface area contributed by atoms with Gasteiger partial charge < -0.3 is 14.5 Å². The number of hydrogen-bond donors (Lipinski definition) is 4. The van der Waals surface area contributed by atoms with Crippen LogP contribution in [0, 0.1) is 0 Å². The van der Waals surface area contributed by atoms with Gasteiger partial charge in [0.25, 0.3) is 5.91 Å². The summed E-state index contributed by atoms with van der Waals surface area (Å²) < 4.78 is 36.9. The lowest BCUT2D eigenvalue weighted by Gasteiger charge is -2.16. The van der Waals surface area contributed by atoms with Crippen molar-refractivity contribution in [3.05, 3.63) is 72.0 Å². The van der Waals surface area contributed by atoms with Crippen LogP contribution in [0.1, 0.15) is 23.0 Å². The number of benzene rings is 2. The molecule has 174 valence electrons. The Balaban J connectivity index is 1.73. The second-order valence-electron chi connectivity index (χ2n) is 7.15. The van der Waals surface area contributed by atoms with E-state index in [0.29, 0.717) is 22.7 Å². The van der Waals surface area contributed by atoms with E-state index >= 15 is 0 Å². The standard InChI is InChI=1S/C22H23N3O7S/c1-14(31-18-9-7-15(8-10-18)22(27)25-28)24-21(26)12-17(13-23-33(2,29)30)20-11-16-5-3-4-6-19(16)32-20/h3-12,14,23,28H,13H2,1-2H3,(H,24,26)(H,25,27)/b17-12+. The van der Waals surface area contributed by atoms with Gasteiger partial charge in [0.05, 0.1) is 6.26 Å². The van der Waals surface area contributed by atoms with Crippen LogP contribution in [-0.2, 0) is 14.8 Å². The molecule has 0 spiro atoms. The Kier molecular flexibility index (Phi) is 7.48. The van der Waals surface area contributed by atoms with Crippen LogP contribution in [0.25, 0.3) is 16.5 Å². The Labute approximate surface area is 190 Å². The van der Waals surface area contributed by atoms with Crippen molar-refractivity contribution in [1.29, 1.82) is 0 Å². The van der Waals surface area contributed by atoms with Gasteiger partial charge in [0.1, 0.15) is 17.1 Å². The summed E-state index contributed by atoms with van der Waals surface area (Å²) in [7, 11) is -3.50. The minimum absolute atomic E-state index is 0.143. The highest BCUT2D eigenvalue weighted by Crippen LogP contribution is 2.24. The van der Waals surface area contributed by atoms with Crippen molar-refractivity contribution in [3.8, 4) is 5.75 Å². The van der Waals surface area contributed by atoms with Crippen molar-refractivity contribution in [2.75, 3.05) is 12.8 Å². The van der Waals surface area contributed by atoms with E-state index in [9.17, 15) is 18.0 Å². The summed E-state index contributed by atoms with van der Waals surface area (Å²) in [5, 5.41) is 12.1. The maximum absolute atomic E-state index is 12.6. The van der Waals surface area contributed by atoms with Gasteiger partial charge in [-0.2, -0.15) is 0 Å². The van der Waals surface area contributed by atoms with Gasteiger partial charge >= 0.3 is 0 Å². The number of ether oxygens (including phenoxy) is 1. The largest absolute Gasteiger partial charge is 0.471 e. The van der Waals surface area contributed by atoms with Crippen LogP contribution < -0.4 is 20.3 Å². The van der Waals surface area contributed by atoms with Crippen LogP contribution in [0.15, 0.2) is 65.1 Å². The minimum Gasteiger partial charge on any atom is -0.471 e. The third kappa shape index (κ3) is 6.91. The molecule has 0 aliphatic heterocycles. The number of sulfonamides is 1. The van der Waals surface area contributed by atoms with E-state index in [-0.39, 0.29) is 12.1 Å². The first-order valence-electron chi connectivity index (χ1n) is 9.80. The predicted molar refractivity (Wildman–Crippen MR) is 121 cm³/mol. The first-order valence-corrected chi connectivity index (χ1v) is 11.7. The number of fused-ring (bicyclic) bond motifs is 1. The van der Waals surface area contributed by atoms with Gasteiger partial charge in [0, 0.05) is 29.1 Å². The number of rotatable bonds is 9. The second-order valence-corrected chi connectivity index (χ2v) is 8.98. The fourth-order valence-electron chi connectivity index (χ4n) is 2.94. The monoisotopic (exact) mass is 473 g/mol. The summed E-state index contributed by atoms with van der Waals surface area (Å²) in [5.41, 5.74) is 2.71. The maximum Gasteiger partial charge on any atom is 0.274 e. The molecule has 0 saturated carbocycles. The van der Waals surface area contributed by atoms with E-state index in [2.05, 4.69) is 10.0 Å². The van der Waals surface area contributed by atoms with Crippen molar-refractivity contribution in [2.24, 2.45) is 0 Å². The number of hydroxylamine groups is 1. The van der Waals surface area contributed by atoms with Gasteiger partial charge in [-0.05, 0) is 43.3 Å². The number of para-hydroxylation sites is 1. The van der Waals surface area contributed by atoms with E-state index < -0.39 is 28.1 Å². The van der Waals surface area contributed by atoms with Gasteiger partial charge in [-0.3, -0.25) is 14.8 Å². The fraction of sp³-hybridized carbons (Fsp3) is 0.182. The quantitative estimate of drug-likeness (QED) is 0.161. The molecule has 0 radical (unpaired) electrons. The first kappa shape index (κ1) is 24.0. The average molecular weight is 474 g/mol. The predicted octanol–water partition coefficient (Wildman–Crippen LogP) is 2.03. The number of hydrogen-bond acceptors (Lipinski definition) is 7. The van der Waals surface area contributed by atoms with Gasteiger partial charge in [0.15, 0.2) is 6.23 Å². The van der Waals surface area contributed by atoms with Gasteiger partial charge in [0.2, 0.25) is 15.9 Å². The molecular formula is C22H23N3O7S. The summed E-state index contributed by atoms with van der Waals surface area (Å²) in [6.07, 6.45) is 1.52. The van der Waals surface area contributed by atoms with Crippen molar-refractivity contribution in [3.63, 3.8) is 0 Å². The molecule has 0 saturated heterocycles. The molecule has 2 aromatic carbocycles. The van der Waals surface area contributed by atoms with E-state index in [4.69, 9.17) is 14.4 Å². The van der Waals surface area contributed by atoms with Crippen LogP contribution in [0.4, 0.5) is 0 Å². The molecule has 2 amide bonds. The number of carbonyl (C=O) groups excluding carboxylic acids is 2. The smallest absolute Gasteiger partial charge is 0.274 e. The fourth-order valence-corrected chi connectivity index (χ4v) is 3.36. The molecule has 33 heavy (non-hydrogen) atoms. The minimum atomic E-state index is -3.50. The number of nitrogens with one attached hydrogen (secondary N) is 3. The lowest BCUT2D eigenvalue weighted by molar-refractivity contribution is -0.118. The molecule has 0 aliphatic carbocycles. The summed E-state index contributed by atoms with van der Waals surface area (Å²) in [6, 6.07) is 14.9. The molecule has 1 unspecified atom stereocenters. The Bertz CT molecular complexity index is 1250. The van der Waals surface area contributed by atoms with Crippen molar-refractivity contribution in [1.82, 2.24) is 15.5 Å². The molecule has 3 rings (SSSR count). The lowest BCUT2D eigenvalue weighted by atomic mass is 10.1. The highest BCUT2D eigenvalue weighted by Gasteiger charge is 2.15. The molecule has 1 heterocycles. The Morgan fingerprint density at radius 3 is 2.48 bits per heavy atom. The zero-order chi connectivity index (χ0) is 24.0. The summed E-state index contributed by atoms with van der Waals surface area (Å²) in [5.74, 6) is -0.440. The van der Waals surface area contributed by atoms with Crippen LogP contribution in [0.5, 0.6) is 5.75 Å². The number of furan rings is 1. The highest BCUT2D eigenvalue weighted by molar-refractivity contribution is 7.88. The third-order valence-corrected chi connectivity index (χ3v) is 5.12. The molecule has 4 N–H and O–H groups in total. The van der Waals surface area contributed by atoms with Crippen molar-refractivity contribution < 1.29 is 32.4 Å². The van der Waals surface area contributed by atoms with Crippen LogP contribution >= 0.6 is 0 Å². The molecular weight excluding hydrogens is 450 g/mol. The molecule has 1 atom stereocenters. The molecule has 0 aliphatic rings. The van der Waals surface area contributed by atoms with E-state index in [1.54, 1.807) is 19.1 Å². The van der Waals surface area contributed by atoms with Gasteiger partial charge in [-0.25, -0.2) is 18.6 Å². The lowest BCUT2D eigenvalue weighted by Crippen LogP contribution is -2.36. The summed E-state index contributed by atoms with van der Waals surface area (Å²) in [4.78, 5) is 24.0. The third-order valence-electron chi connectivity index (χ3n) is 4.45. The summed E-state index contributed by atoms with van der Waals surface area (Å²) in [6.45, 7) is 1.46. The Morgan fingerprint density at radius 1 is 1.15 bits per heavy atom. The van der Waals surface area contributed by atoms with E-state index in [0.717, 1.165) is 11.6 Å². The van der Waals surface area contributed by atoms with Gasteiger partial charge in [-0.15, -0.1) is 0 Å². The SMILES string of the molecule is CC(NC(=O)/C=C(\CNS(C)(=O)=O)c1cc2ccccc2o1)Oc1ccc(C(=O)NO)cc1. The molecule has 1 aromatic heterocycles. The maximum atomic E-state index is 12.6.